The van der Waals surface area contributed by atoms with Crippen LogP contribution in [0.25, 0.3) is 0 Å². The molecule has 0 fully saturated rings. The second-order valence-electron chi connectivity index (χ2n) is 4.03. The zero-order valence-corrected chi connectivity index (χ0v) is 11.6. The molecule has 2 aromatic rings. The first-order valence-corrected chi connectivity index (χ1v) is 6.25. The number of hydrogen-bond donors (Lipinski definition) is 2. The number of benzene rings is 1. The molecule has 0 aliphatic rings. The number of aromatic nitrogens is 2. The van der Waals surface area contributed by atoms with Crippen LogP contribution in [0.3, 0.4) is 0 Å². The largest absolute Gasteiger partial charge is 0.366 e. The van der Waals surface area contributed by atoms with Gasteiger partial charge in [0.05, 0.1) is 11.0 Å². The lowest BCUT2D eigenvalue weighted by Crippen LogP contribution is -2.30. The zero-order valence-electron chi connectivity index (χ0n) is 10.0. The molecule has 0 spiro atoms. The van der Waals surface area contributed by atoms with E-state index in [2.05, 4.69) is 20.9 Å². The van der Waals surface area contributed by atoms with Crippen LogP contribution in [0.1, 0.15) is 15.9 Å². The van der Waals surface area contributed by atoms with E-state index in [0.717, 1.165) is 10.6 Å². The number of amides is 1. The molecule has 0 saturated heterocycles. The maximum absolute atomic E-state index is 13.7. The van der Waals surface area contributed by atoms with E-state index in [4.69, 9.17) is 5.73 Å². The number of hydrogen-bond acceptors (Lipinski definition) is 3. The molecule has 0 saturated carbocycles. The van der Waals surface area contributed by atoms with Gasteiger partial charge in [-0.3, -0.25) is 19.1 Å². The van der Waals surface area contributed by atoms with E-state index < -0.39 is 23.0 Å². The van der Waals surface area contributed by atoms with Crippen LogP contribution in [0.15, 0.2) is 38.5 Å². The Kier molecular flexibility index (Phi) is 3.84. The third-order valence-corrected chi connectivity index (χ3v) is 3.20. The number of H-pyrrole nitrogens is 1. The number of carbonyl (C=O) groups is 1. The topological polar surface area (TPSA) is 97.9 Å². The summed E-state index contributed by atoms with van der Waals surface area (Å²) in [6, 6.07) is 3.62. The van der Waals surface area contributed by atoms with Gasteiger partial charge in [0.2, 0.25) is 5.91 Å². The minimum atomic E-state index is -0.693. The Labute approximate surface area is 120 Å². The smallest absolute Gasteiger partial charge is 0.328 e. The summed E-state index contributed by atoms with van der Waals surface area (Å²) in [4.78, 5) is 35.9. The first-order valence-electron chi connectivity index (χ1n) is 5.46. The molecule has 6 nitrogen and oxygen atoms in total. The van der Waals surface area contributed by atoms with E-state index in [0.29, 0.717) is 0 Å². The molecule has 0 aliphatic carbocycles. The molecule has 0 atom stereocenters. The highest BCUT2D eigenvalue weighted by Crippen LogP contribution is 2.12. The summed E-state index contributed by atoms with van der Waals surface area (Å²) in [5.74, 6) is -1.27. The Bertz CT molecular complexity index is 797. The molecule has 1 aromatic carbocycles. The molecular weight excluding hydrogens is 333 g/mol. The number of aromatic amines is 1. The Morgan fingerprint density at radius 1 is 1.40 bits per heavy atom. The summed E-state index contributed by atoms with van der Waals surface area (Å²) >= 11 is 2.98. The van der Waals surface area contributed by atoms with Crippen LogP contribution >= 0.6 is 15.9 Å². The van der Waals surface area contributed by atoms with Crippen LogP contribution in [-0.2, 0) is 6.54 Å². The molecule has 0 unspecified atom stereocenters. The monoisotopic (exact) mass is 341 g/mol. The van der Waals surface area contributed by atoms with Crippen molar-refractivity contribution < 1.29 is 9.18 Å². The number of nitrogens with two attached hydrogens (primary N) is 1. The van der Waals surface area contributed by atoms with Crippen LogP contribution in [0.5, 0.6) is 0 Å². The minimum Gasteiger partial charge on any atom is -0.366 e. The predicted molar refractivity (Wildman–Crippen MR) is 73.0 cm³/mol. The van der Waals surface area contributed by atoms with E-state index in [-0.39, 0.29) is 22.1 Å². The fourth-order valence-corrected chi connectivity index (χ4v) is 1.98. The Hall–Kier alpha value is -2.22. The molecule has 0 radical (unpaired) electrons. The van der Waals surface area contributed by atoms with Crippen molar-refractivity contribution in [1.29, 1.82) is 0 Å². The summed E-state index contributed by atoms with van der Waals surface area (Å²) in [7, 11) is 0. The van der Waals surface area contributed by atoms with E-state index in [1.807, 2.05) is 0 Å². The molecule has 104 valence electrons. The van der Waals surface area contributed by atoms with Crippen molar-refractivity contribution in [3.05, 3.63) is 66.7 Å². The number of rotatable bonds is 3. The third-order valence-electron chi connectivity index (χ3n) is 2.64. The highest BCUT2D eigenvalue weighted by molar-refractivity contribution is 9.10. The molecular formula is C12H9BrFN3O3. The summed E-state index contributed by atoms with van der Waals surface area (Å²) in [5, 5.41) is 0. The van der Waals surface area contributed by atoms with E-state index >= 15 is 0 Å². The van der Waals surface area contributed by atoms with Crippen molar-refractivity contribution in [2.75, 3.05) is 0 Å². The molecule has 2 rings (SSSR count). The van der Waals surface area contributed by atoms with E-state index in [1.54, 1.807) is 0 Å². The van der Waals surface area contributed by atoms with Crippen LogP contribution in [0, 0.1) is 5.82 Å². The van der Waals surface area contributed by atoms with Gasteiger partial charge < -0.3 is 5.73 Å². The second kappa shape index (κ2) is 5.41. The van der Waals surface area contributed by atoms with Crippen molar-refractivity contribution in [2.24, 2.45) is 5.73 Å². The van der Waals surface area contributed by atoms with Gasteiger partial charge in [-0.05, 0) is 34.1 Å². The van der Waals surface area contributed by atoms with Gasteiger partial charge in [-0.2, -0.15) is 0 Å². The van der Waals surface area contributed by atoms with E-state index in [9.17, 15) is 18.8 Å². The highest BCUT2D eigenvalue weighted by Gasteiger charge is 2.09. The molecule has 0 aliphatic heterocycles. The number of nitrogens with one attached hydrogen (secondary N) is 1. The van der Waals surface area contributed by atoms with Crippen LogP contribution in [0.2, 0.25) is 0 Å². The number of nitrogens with zero attached hydrogens (tertiary/aromatic N) is 1. The maximum atomic E-state index is 13.7. The molecule has 8 heteroatoms. The summed E-state index contributed by atoms with van der Waals surface area (Å²) in [6.07, 6.45) is 1.25. The minimum absolute atomic E-state index is 0.113. The van der Waals surface area contributed by atoms with Crippen molar-refractivity contribution in [1.82, 2.24) is 9.55 Å². The Morgan fingerprint density at radius 3 is 2.75 bits per heavy atom. The van der Waals surface area contributed by atoms with Gasteiger partial charge in [-0.15, -0.1) is 0 Å². The molecule has 1 amide bonds. The first kappa shape index (κ1) is 14.2. The highest BCUT2D eigenvalue weighted by atomic mass is 79.9. The number of carbonyl (C=O) groups excluding carboxylic acids is 1. The van der Waals surface area contributed by atoms with Crippen LogP contribution in [-0.4, -0.2) is 15.5 Å². The summed E-state index contributed by atoms with van der Waals surface area (Å²) in [6.45, 7) is -0.138. The lowest BCUT2D eigenvalue weighted by atomic mass is 10.1. The number of halogens is 2. The molecule has 3 N–H and O–H groups in total. The molecule has 1 aromatic heterocycles. The van der Waals surface area contributed by atoms with Crippen LogP contribution in [0.4, 0.5) is 4.39 Å². The van der Waals surface area contributed by atoms with Gasteiger partial charge in [0.1, 0.15) is 5.82 Å². The zero-order chi connectivity index (χ0) is 14.9. The molecule has 1 heterocycles. The van der Waals surface area contributed by atoms with Crippen molar-refractivity contribution in [3.63, 3.8) is 0 Å². The molecule has 20 heavy (non-hydrogen) atoms. The summed E-state index contributed by atoms with van der Waals surface area (Å²) < 4.78 is 14.9. The van der Waals surface area contributed by atoms with Gasteiger partial charge in [0, 0.05) is 17.3 Å². The van der Waals surface area contributed by atoms with Crippen LogP contribution < -0.4 is 17.0 Å². The lowest BCUT2D eigenvalue weighted by Gasteiger charge is -2.08. The second-order valence-corrected chi connectivity index (χ2v) is 4.89. The van der Waals surface area contributed by atoms with Crippen molar-refractivity contribution in [3.8, 4) is 0 Å². The quantitative estimate of drug-likeness (QED) is 0.854. The van der Waals surface area contributed by atoms with Gasteiger partial charge in [-0.25, -0.2) is 9.18 Å². The third kappa shape index (κ3) is 2.85. The maximum Gasteiger partial charge on any atom is 0.328 e. The lowest BCUT2D eigenvalue weighted by molar-refractivity contribution is 0.1000. The average Bonchev–Trinajstić information content (AvgIpc) is 2.38. The Morgan fingerprint density at radius 2 is 2.10 bits per heavy atom. The summed E-state index contributed by atoms with van der Waals surface area (Å²) in [5.41, 5.74) is 4.12. The van der Waals surface area contributed by atoms with Gasteiger partial charge in [0.15, 0.2) is 0 Å². The predicted octanol–water partition coefficient (Wildman–Crippen LogP) is 0.585. The molecule has 0 bridgehead atoms. The van der Waals surface area contributed by atoms with E-state index in [1.165, 1.54) is 18.3 Å². The van der Waals surface area contributed by atoms with Gasteiger partial charge in [0.25, 0.3) is 5.56 Å². The fourth-order valence-electron chi connectivity index (χ4n) is 1.63. The SMILES string of the molecule is NC(=O)c1ccc(F)c(Cn2cc(Br)c(=O)[nH]c2=O)c1. The number of primary amides is 1. The fraction of sp³-hybridized carbons (Fsp3) is 0.0833. The Balaban J connectivity index is 2.47. The van der Waals surface area contributed by atoms with Crippen molar-refractivity contribution >= 4 is 21.8 Å². The van der Waals surface area contributed by atoms with Gasteiger partial charge in [-0.1, -0.05) is 0 Å². The van der Waals surface area contributed by atoms with Crippen molar-refractivity contribution in [2.45, 2.75) is 6.54 Å². The normalized spacial score (nSPS) is 10.5. The van der Waals surface area contributed by atoms with Gasteiger partial charge >= 0.3 is 5.69 Å². The average molecular weight is 342 g/mol. The standard InChI is InChI=1S/C12H9BrFN3O3/c13-8-5-17(12(20)16-11(8)19)4-7-3-6(10(15)18)1-2-9(7)14/h1-3,5H,4H2,(H2,15,18)(H,16,19,20). The first-order chi connectivity index (χ1) is 9.38.